The standard InChI is InChI=1S/C13H27N3/c1-15-7-4-8-16(10-9-15)13-6-3-2-5-12(13)11-14/h12-13H,2-11,14H2,1H3. The highest BCUT2D eigenvalue weighted by atomic mass is 15.2. The fourth-order valence-electron chi connectivity index (χ4n) is 3.34. The van der Waals surface area contributed by atoms with Gasteiger partial charge < -0.3 is 10.6 Å². The van der Waals surface area contributed by atoms with Gasteiger partial charge in [-0.15, -0.1) is 0 Å². The quantitative estimate of drug-likeness (QED) is 0.765. The summed E-state index contributed by atoms with van der Waals surface area (Å²) in [4.78, 5) is 5.18. The van der Waals surface area contributed by atoms with Gasteiger partial charge in [0.1, 0.15) is 0 Å². The molecular weight excluding hydrogens is 198 g/mol. The molecule has 0 bridgehead atoms. The number of hydrogen-bond donors (Lipinski definition) is 1. The molecular formula is C13H27N3. The topological polar surface area (TPSA) is 32.5 Å². The van der Waals surface area contributed by atoms with E-state index in [1.807, 2.05) is 0 Å². The SMILES string of the molecule is CN1CCCN(C2CCCCC2CN)CC1. The molecule has 94 valence electrons. The van der Waals surface area contributed by atoms with Crippen LogP contribution in [0.25, 0.3) is 0 Å². The van der Waals surface area contributed by atoms with Gasteiger partial charge in [0.2, 0.25) is 0 Å². The van der Waals surface area contributed by atoms with Crippen LogP contribution in [0.3, 0.4) is 0 Å². The minimum Gasteiger partial charge on any atom is -0.330 e. The van der Waals surface area contributed by atoms with E-state index in [-0.39, 0.29) is 0 Å². The van der Waals surface area contributed by atoms with Crippen LogP contribution >= 0.6 is 0 Å². The first-order valence-corrected chi connectivity index (χ1v) is 6.94. The zero-order valence-corrected chi connectivity index (χ0v) is 10.7. The average molecular weight is 225 g/mol. The van der Waals surface area contributed by atoms with Crippen LogP contribution in [0.4, 0.5) is 0 Å². The van der Waals surface area contributed by atoms with Crippen LogP contribution in [0.15, 0.2) is 0 Å². The smallest absolute Gasteiger partial charge is 0.0136 e. The Kier molecular flexibility index (Phi) is 4.62. The van der Waals surface area contributed by atoms with Crippen molar-refractivity contribution in [3.63, 3.8) is 0 Å². The molecule has 0 amide bonds. The summed E-state index contributed by atoms with van der Waals surface area (Å²) in [6.07, 6.45) is 6.86. The van der Waals surface area contributed by atoms with E-state index >= 15 is 0 Å². The molecule has 2 N–H and O–H groups in total. The fraction of sp³-hybridized carbons (Fsp3) is 1.00. The van der Waals surface area contributed by atoms with E-state index < -0.39 is 0 Å². The summed E-state index contributed by atoms with van der Waals surface area (Å²) in [6, 6.07) is 0.783. The summed E-state index contributed by atoms with van der Waals surface area (Å²) in [5, 5.41) is 0. The van der Waals surface area contributed by atoms with Crippen molar-refractivity contribution in [1.29, 1.82) is 0 Å². The molecule has 2 unspecified atom stereocenters. The van der Waals surface area contributed by atoms with Crippen LogP contribution in [-0.4, -0.2) is 55.6 Å². The third-order valence-corrected chi connectivity index (χ3v) is 4.39. The van der Waals surface area contributed by atoms with Gasteiger partial charge in [-0.3, -0.25) is 4.90 Å². The highest BCUT2D eigenvalue weighted by Crippen LogP contribution is 2.28. The molecule has 3 heteroatoms. The summed E-state index contributed by atoms with van der Waals surface area (Å²) in [5.74, 6) is 0.761. The zero-order valence-electron chi connectivity index (χ0n) is 10.7. The van der Waals surface area contributed by atoms with Crippen molar-refractivity contribution in [2.75, 3.05) is 39.8 Å². The Morgan fingerprint density at radius 3 is 2.62 bits per heavy atom. The van der Waals surface area contributed by atoms with Crippen molar-refractivity contribution in [3.8, 4) is 0 Å². The summed E-state index contributed by atoms with van der Waals surface area (Å²) in [7, 11) is 2.24. The van der Waals surface area contributed by atoms with Gasteiger partial charge in [0.25, 0.3) is 0 Å². The van der Waals surface area contributed by atoms with Crippen LogP contribution in [0.2, 0.25) is 0 Å². The Morgan fingerprint density at radius 1 is 1.00 bits per heavy atom. The summed E-state index contributed by atoms with van der Waals surface area (Å²) >= 11 is 0. The van der Waals surface area contributed by atoms with E-state index in [0.717, 1.165) is 18.5 Å². The predicted molar refractivity (Wildman–Crippen MR) is 68.5 cm³/mol. The maximum Gasteiger partial charge on any atom is 0.0136 e. The number of likely N-dealkylation sites (N-methyl/N-ethyl adjacent to an activating group) is 1. The number of rotatable bonds is 2. The van der Waals surface area contributed by atoms with Gasteiger partial charge in [0.15, 0.2) is 0 Å². The van der Waals surface area contributed by atoms with E-state index in [2.05, 4.69) is 16.8 Å². The molecule has 2 aliphatic rings. The molecule has 1 saturated carbocycles. The maximum atomic E-state index is 5.93. The monoisotopic (exact) mass is 225 g/mol. The summed E-state index contributed by atoms with van der Waals surface area (Å²) < 4.78 is 0. The van der Waals surface area contributed by atoms with Crippen molar-refractivity contribution in [2.24, 2.45) is 11.7 Å². The Bertz CT molecular complexity index is 207. The lowest BCUT2D eigenvalue weighted by atomic mass is 9.83. The Morgan fingerprint density at radius 2 is 1.81 bits per heavy atom. The maximum absolute atomic E-state index is 5.93. The molecule has 2 rings (SSSR count). The molecule has 1 saturated heterocycles. The van der Waals surface area contributed by atoms with E-state index in [9.17, 15) is 0 Å². The molecule has 0 spiro atoms. The third kappa shape index (κ3) is 2.96. The molecule has 16 heavy (non-hydrogen) atoms. The second kappa shape index (κ2) is 5.99. The summed E-state index contributed by atoms with van der Waals surface area (Å²) in [5.41, 5.74) is 5.93. The van der Waals surface area contributed by atoms with Gasteiger partial charge in [-0.2, -0.15) is 0 Å². The van der Waals surface area contributed by atoms with E-state index in [1.165, 1.54) is 58.3 Å². The van der Waals surface area contributed by atoms with Crippen molar-refractivity contribution in [3.05, 3.63) is 0 Å². The molecule has 1 aliphatic heterocycles. The Labute approximate surface area is 100.0 Å². The first-order valence-electron chi connectivity index (χ1n) is 6.94. The molecule has 2 atom stereocenters. The lowest BCUT2D eigenvalue weighted by Crippen LogP contribution is -2.46. The van der Waals surface area contributed by atoms with Gasteiger partial charge in [-0.1, -0.05) is 12.8 Å². The van der Waals surface area contributed by atoms with Crippen LogP contribution in [0, 0.1) is 5.92 Å². The second-order valence-corrected chi connectivity index (χ2v) is 5.54. The fourth-order valence-corrected chi connectivity index (χ4v) is 3.34. The predicted octanol–water partition coefficient (Wildman–Crippen LogP) is 1.14. The summed E-state index contributed by atoms with van der Waals surface area (Å²) in [6.45, 7) is 5.91. The molecule has 0 radical (unpaired) electrons. The lowest BCUT2D eigenvalue weighted by Gasteiger charge is -2.39. The van der Waals surface area contributed by atoms with Crippen LogP contribution in [0.1, 0.15) is 32.1 Å². The van der Waals surface area contributed by atoms with Crippen molar-refractivity contribution in [1.82, 2.24) is 9.80 Å². The number of hydrogen-bond acceptors (Lipinski definition) is 3. The minimum absolute atomic E-state index is 0.761. The van der Waals surface area contributed by atoms with Gasteiger partial charge in [-0.25, -0.2) is 0 Å². The third-order valence-electron chi connectivity index (χ3n) is 4.39. The van der Waals surface area contributed by atoms with Gasteiger partial charge in [-0.05, 0) is 51.9 Å². The molecule has 1 heterocycles. The van der Waals surface area contributed by atoms with Crippen LogP contribution < -0.4 is 5.73 Å². The molecule has 0 aromatic carbocycles. The molecule has 1 aliphatic carbocycles. The van der Waals surface area contributed by atoms with Gasteiger partial charge >= 0.3 is 0 Å². The highest BCUT2D eigenvalue weighted by Gasteiger charge is 2.29. The van der Waals surface area contributed by atoms with Crippen molar-refractivity contribution in [2.45, 2.75) is 38.1 Å². The second-order valence-electron chi connectivity index (χ2n) is 5.54. The first kappa shape index (κ1) is 12.3. The lowest BCUT2D eigenvalue weighted by molar-refractivity contribution is 0.111. The largest absolute Gasteiger partial charge is 0.330 e. The number of nitrogens with two attached hydrogens (primary N) is 1. The highest BCUT2D eigenvalue weighted by molar-refractivity contribution is 4.85. The molecule has 2 fully saturated rings. The number of nitrogens with zero attached hydrogens (tertiary/aromatic N) is 2. The molecule has 0 aromatic rings. The van der Waals surface area contributed by atoms with E-state index in [4.69, 9.17) is 5.73 Å². The Hall–Kier alpha value is -0.120. The van der Waals surface area contributed by atoms with Crippen LogP contribution in [0.5, 0.6) is 0 Å². The van der Waals surface area contributed by atoms with E-state index in [1.54, 1.807) is 0 Å². The average Bonchev–Trinajstić information content (AvgIpc) is 2.54. The van der Waals surface area contributed by atoms with Crippen molar-refractivity contribution >= 4 is 0 Å². The first-order chi connectivity index (χ1) is 7.81. The molecule has 0 aromatic heterocycles. The van der Waals surface area contributed by atoms with Gasteiger partial charge in [0, 0.05) is 19.1 Å². The van der Waals surface area contributed by atoms with Crippen molar-refractivity contribution < 1.29 is 0 Å². The van der Waals surface area contributed by atoms with E-state index in [0.29, 0.717) is 0 Å². The van der Waals surface area contributed by atoms with Crippen LogP contribution in [-0.2, 0) is 0 Å². The zero-order chi connectivity index (χ0) is 11.4. The minimum atomic E-state index is 0.761. The normalized spacial score (nSPS) is 34.9. The Balaban J connectivity index is 1.93. The van der Waals surface area contributed by atoms with Gasteiger partial charge in [0.05, 0.1) is 0 Å². The molecule has 3 nitrogen and oxygen atoms in total.